The number of fused-ring (bicyclic) bond motifs is 1. The number of hydrogen-bond donors (Lipinski definition) is 2. The normalized spacial score (nSPS) is 12.7. The number of rotatable bonds is 5. The minimum atomic E-state index is -0.334. The van der Waals surface area contributed by atoms with E-state index in [9.17, 15) is 4.79 Å². The molecule has 2 aromatic rings. The summed E-state index contributed by atoms with van der Waals surface area (Å²) in [6, 6.07) is 0. The van der Waals surface area contributed by atoms with E-state index >= 15 is 0 Å². The molecular formula is C13H19N5O. The molecule has 2 aromatic heterocycles. The quantitative estimate of drug-likeness (QED) is 0.853. The second-order valence-electron chi connectivity index (χ2n) is 4.89. The van der Waals surface area contributed by atoms with Gasteiger partial charge in [-0.3, -0.25) is 9.78 Å². The third-order valence-electron chi connectivity index (χ3n) is 3.31. The fourth-order valence-electron chi connectivity index (χ4n) is 1.93. The first-order valence-corrected chi connectivity index (χ1v) is 6.61. The molecule has 3 N–H and O–H groups in total. The van der Waals surface area contributed by atoms with Gasteiger partial charge in [0.15, 0.2) is 11.2 Å². The van der Waals surface area contributed by atoms with E-state index in [4.69, 9.17) is 5.73 Å². The summed E-state index contributed by atoms with van der Waals surface area (Å²) in [5.41, 5.74) is 6.51. The molecule has 1 atom stereocenters. The lowest BCUT2D eigenvalue weighted by atomic mass is 10.0. The van der Waals surface area contributed by atoms with Crippen LogP contribution in [0.2, 0.25) is 0 Å². The van der Waals surface area contributed by atoms with Gasteiger partial charge in [-0.15, -0.1) is 0 Å². The SMILES string of the molecule is CCC(C)CCCc1cnc2nc(N)[nH]c(=O)c2n1. The number of anilines is 1. The number of nitrogens with two attached hydrogens (primary N) is 1. The zero-order valence-corrected chi connectivity index (χ0v) is 11.3. The van der Waals surface area contributed by atoms with Gasteiger partial charge < -0.3 is 5.73 Å². The first kappa shape index (κ1) is 13.5. The zero-order chi connectivity index (χ0) is 13.8. The van der Waals surface area contributed by atoms with Crippen molar-refractivity contribution in [3.63, 3.8) is 0 Å². The lowest BCUT2D eigenvalue weighted by Crippen LogP contribution is -2.14. The average Bonchev–Trinajstić information content (AvgIpc) is 2.39. The van der Waals surface area contributed by atoms with Gasteiger partial charge in [0, 0.05) is 0 Å². The molecule has 0 spiro atoms. The first-order chi connectivity index (χ1) is 9.10. The van der Waals surface area contributed by atoms with E-state index in [0.29, 0.717) is 5.65 Å². The molecule has 2 heterocycles. The van der Waals surface area contributed by atoms with E-state index in [2.05, 4.69) is 33.8 Å². The molecule has 0 bridgehead atoms. The lowest BCUT2D eigenvalue weighted by Gasteiger charge is -2.07. The topological polar surface area (TPSA) is 97.5 Å². The van der Waals surface area contributed by atoms with Crippen LogP contribution >= 0.6 is 0 Å². The Kier molecular flexibility index (Phi) is 4.09. The summed E-state index contributed by atoms with van der Waals surface area (Å²) in [6.07, 6.45) is 5.90. The molecular weight excluding hydrogens is 242 g/mol. The molecule has 6 nitrogen and oxygen atoms in total. The highest BCUT2D eigenvalue weighted by atomic mass is 16.1. The van der Waals surface area contributed by atoms with Crippen molar-refractivity contribution in [1.29, 1.82) is 0 Å². The third kappa shape index (κ3) is 3.27. The van der Waals surface area contributed by atoms with Crippen molar-refractivity contribution in [2.45, 2.75) is 39.5 Å². The van der Waals surface area contributed by atoms with Gasteiger partial charge in [-0.2, -0.15) is 4.98 Å². The van der Waals surface area contributed by atoms with E-state index < -0.39 is 0 Å². The molecule has 0 aliphatic rings. The maximum Gasteiger partial charge on any atom is 0.280 e. The van der Waals surface area contributed by atoms with E-state index in [1.807, 2.05) is 0 Å². The molecule has 6 heteroatoms. The van der Waals surface area contributed by atoms with Crippen LogP contribution in [0.1, 0.15) is 38.8 Å². The number of nitrogens with one attached hydrogen (secondary N) is 1. The van der Waals surface area contributed by atoms with Gasteiger partial charge in [0.1, 0.15) is 0 Å². The Bertz CT molecular complexity index is 622. The van der Waals surface area contributed by atoms with E-state index in [0.717, 1.165) is 30.9 Å². The highest BCUT2D eigenvalue weighted by Gasteiger charge is 2.07. The van der Waals surface area contributed by atoms with Crippen molar-refractivity contribution in [3.05, 3.63) is 22.2 Å². The second-order valence-corrected chi connectivity index (χ2v) is 4.89. The van der Waals surface area contributed by atoms with Gasteiger partial charge in [0.05, 0.1) is 11.9 Å². The summed E-state index contributed by atoms with van der Waals surface area (Å²) >= 11 is 0. The van der Waals surface area contributed by atoms with Crippen LogP contribution in [-0.4, -0.2) is 19.9 Å². The number of nitrogen functional groups attached to an aromatic ring is 1. The minimum absolute atomic E-state index is 0.0660. The highest BCUT2D eigenvalue weighted by Crippen LogP contribution is 2.12. The van der Waals surface area contributed by atoms with E-state index in [1.54, 1.807) is 6.20 Å². The summed E-state index contributed by atoms with van der Waals surface area (Å²) in [6.45, 7) is 4.43. The maximum atomic E-state index is 11.7. The van der Waals surface area contributed by atoms with E-state index in [1.165, 1.54) is 6.42 Å². The van der Waals surface area contributed by atoms with Crippen molar-refractivity contribution in [3.8, 4) is 0 Å². The van der Waals surface area contributed by atoms with Crippen LogP contribution in [0.25, 0.3) is 11.2 Å². The lowest BCUT2D eigenvalue weighted by molar-refractivity contribution is 0.494. The molecule has 2 rings (SSSR count). The van der Waals surface area contributed by atoms with Crippen molar-refractivity contribution < 1.29 is 0 Å². The molecule has 0 amide bonds. The molecule has 0 saturated heterocycles. The minimum Gasteiger partial charge on any atom is -0.369 e. The summed E-state index contributed by atoms with van der Waals surface area (Å²) in [5, 5.41) is 0. The zero-order valence-electron chi connectivity index (χ0n) is 11.3. The van der Waals surface area contributed by atoms with Crippen LogP contribution in [0.15, 0.2) is 11.0 Å². The average molecular weight is 261 g/mol. The Balaban J connectivity index is 2.15. The van der Waals surface area contributed by atoms with Gasteiger partial charge in [0.25, 0.3) is 5.56 Å². The van der Waals surface area contributed by atoms with Crippen molar-refractivity contribution >= 4 is 17.1 Å². The van der Waals surface area contributed by atoms with Crippen LogP contribution in [0, 0.1) is 5.92 Å². The largest absolute Gasteiger partial charge is 0.369 e. The molecule has 19 heavy (non-hydrogen) atoms. The van der Waals surface area contributed by atoms with Crippen molar-refractivity contribution in [2.75, 3.05) is 5.73 Å². The number of aromatic nitrogens is 4. The fraction of sp³-hybridized carbons (Fsp3) is 0.538. The number of aromatic amines is 1. The van der Waals surface area contributed by atoms with Crippen LogP contribution in [0.4, 0.5) is 5.95 Å². The molecule has 102 valence electrons. The van der Waals surface area contributed by atoms with Gasteiger partial charge in [-0.1, -0.05) is 26.7 Å². The van der Waals surface area contributed by atoms with Crippen LogP contribution in [-0.2, 0) is 6.42 Å². The van der Waals surface area contributed by atoms with Gasteiger partial charge in [-0.05, 0) is 18.8 Å². The molecule has 0 aromatic carbocycles. The van der Waals surface area contributed by atoms with Gasteiger partial charge in [-0.25, -0.2) is 9.97 Å². The van der Waals surface area contributed by atoms with Gasteiger partial charge >= 0.3 is 0 Å². The second kappa shape index (κ2) is 5.77. The first-order valence-electron chi connectivity index (χ1n) is 6.61. The summed E-state index contributed by atoms with van der Waals surface area (Å²) < 4.78 is 0. The number of nitrogens with zero attached hydrogens (tertiary/aromatic N) is 3. The predicted molar refractivity (Wildman–Crippen MR) is 74.8 cm³/mol. The molecule has 0 aliphatic heterocycles. The smallest absolute Gasteiger partial charge is 0.280 e. The Labute approximate surface area is 111 Å². The molecule has 1 unspecified atom stereocenters. The summed E-state index contributed by atoms with van der Waals surface area (Å²) in [4.78, 5) is 26.5. The number of H-pyrrole nitrogens is 1. The predicted octanol–water partition coefficient (Wildman–Crippen LogP) is 1.66. The fourth-order valence-corrected chi connectivity index (χ4v) is 1.93. The Hall–Kier alpha value is -1.98. The summed E-state index contributed by atoms with van der Waals surface area (Å²) in [7, 11) is 0. The van der Waals surface area contributed by atoms with Gasteiger partial charge in [0.2, 0.25) is 5.95 Å². The van der Waals surface area contributed by atoms with Crippen molar-refractivity contribution in [2.24, 2.45) is 5.92 Å². The van der Waals surface area contributed by atoms with Crippen molar-refractivity contribution in [1.82, 2.24) is 19.9 Å². The maximum absolute atomic E-state index is 11.7. The Morgan fingerprint density at radius 2 is 2.21 bits per heavy atom. The van der Waals surface area contributed by atoms with Crippen LogP contribution in [0.5, 0.6) is 0 Å². The summed E-state index contributed by atoms with van der Waals surface area (Å²) in [5.74, 6) is 0.787. The molecule has 0 saturated carbocycles. The Morgan fingerprint density at radius 1 is 1.42 bits per heavy atom. The Morgan fingerprint density at radius 3 is 2.95 bits per heavy atom. The standard InChI is InChI=1S/C13H19N5O/c1-3-8(2)5-4-6-9-7-15-11-10(16-9)12(19)18-13(14)17-11/h7-8H,3-6H2,1-2H3,(H3,14,15,17,18,19). The van der Waals surface area contributed by atoms with Crippen LogP contribution < -0.4 is 11.3 Å². The monoisotopic (exact) mass is 261 g/mol. The third-order valence-corrected chi connectivity index (χ3v) is 3.31. The molecule has 0 fully saturated rings. The molecule has 0 radical (unpaired) electrons. The molecule has 0 aliphatic carbocycles. The van der Waals surface area contributed by atoms with E-state index in [-0.39, 0.29) is 17.0 Å². The van der Waals surface area contributed by atoms with Crippen LogP contribution in [0.3, 0.4) is 0 Å². The number of aryl methyl sites for hydroxylation is 1. The number of hydrogen-bond acceptors (Lipinski definition) is 5. The highest BCUT2D eigenvalue weighted by molar-refractivity contribution is 5.69.